The van der Waals surface area contributed by atoms with Crippen LogP contribution in [0.1, 0.15) is 79.0 Å². The third-order valence-corrected chi connectivity index (χ3v) is 8.60. The maximum absolute atomic E-state index is 13.8. The van der Waals surface area contributed by atoms with Gasteiger partial charge >= 0.3 is 18.3 Å². The standard InChI is InChI=1S/C31H38F6N6O3/c1-29(2,15-27(44)45-4)7-9-42-8-5-6-25(24-12-20-17-46-18-21(20)13-26(24)42)43(28-38-40-41(3)39-28)16-19-10-22(30(32,33)34)14-23(11-19)31(35,36)37/h10-14,25,40H,5-9,15-18H2,1-4H3,(H,38,39)/t25-/m0/s1. The summed E-state index contributed by atoms with van der Waals surface area (Å²) in [7, 11) is 3.00. The molecule has 2 N–H and O–H groups in total. The number of halogens is 6. The molecular formula is C31H38F6N6O3. The molecule has 9 nitrogen and oxygen atoms in total. The number of benzene rings is 2. The molecule has 0 aromatic heterocycles. The second-order valence-corrected chi connectivity index (χ2v) is 12.7. The number of hydrogen-bond donors (Lipinski definition) is 2. The Morgan fingerprint density at radius 2 is 1.70 bits per heavy atom. The van der Waals surface area contributed by atoms with Gasteiger partial charge in [0.2, 0.25) is 5.96 Å². The summed E-state index contributed by atoms with van der Waals surface area (Å²) < 4.78 is 93.2. The number of carbonyl (C=O) groups is 1. The van der Waals surface area contributed by atoms with Crippen LogP contribution in [0, 0.1) is 5.41 Å². The lowest BCUT2D eigenvalue weighted by atomic mass is 9.85. The summed E-state index contributed by atoms with van der Waals surface area (Å²) in [5.41, 5.74) is 6.29. The Labute approximate surface area is 263 Å². The van der Waals surface area contributed by atoms with Crippen molar-refractivity contribution in [2.75, 3.05) is 32.1 Å². The fraction of sp³-hybridized carbons (Fsp3) is 0.548. The minimum Gasteiger partial charge on any atom is -0.469 e. The summed E-state index contributed by atoms with van der Waals surface area (Å²) in [6.45, 7) is 5.83. The number of alkyl halides is 6. The van der Waals surface area contributed by atoms with E-state index in [0.29, 0.717) is 45.6 Å². The molecule has 0 fully saturated rings. The van der Waals surface area contributed by atoms with Crippen molar-refractivity contribution in [2.45, 2.75) is 77.7 Å². The van der Waals surface area contributed by atoms with Gasteiger partial charge in [-0.05, 0) is 77.3 Å². The van der Waals surface area contributed by atoms with Crippen molar-refractivity contribution in [2.24, 2.45) is 10.5 Å². The molecule has 0 saturated heterocycles. The predicted molar refractivity (Wildman–Crippen MR) is 158 cm³/mol. The average Bonchev–Trinajstić information content (AvgIpc) is 3.58. The van der Waals surface area contributed by atoms with Crippen molar-refractivity contribution in [3.8, 4) is 0 Å². The number of carbonyl (C=O) groups excluding carboxylic acids is 1. The Bertz CT molecular complexity index is 1450. The van der Waals surface area contributed by atoms with Crippen LogP contribution in [0.5, 0.6) is 0 Å². The highest BCUT2D eigenvalue weighted by molar-refractivity contribution is 5.81. The SMILES string of the molecule is COC(=O)CC(C)(C)CCN1CCC[C@H](N(Cc2cc(C(F)(F)F)cc(C(F)(F)F)c2)C2=NNN(C)N2)c2cc3c(cc21)COC3. The average molecular weight is 657 g/mol. The molecule has 15 heteroatoms. The second kappa shape index (κ2) is 12.8. The molecule has 0 radical (unpaired) electrons. The summed E-state index contributed by atoms with van der Waals surface area (Å²) in [4.78, 5) is 16.0. The van der Waals surface area contributed by atoms with Gasteiger partial charge in [0.15, 0.2) is 0 Å². The number of guanidine groups is 1. The van der Waals surface area contributed by atoms with Gasteiger partial charge in [0.25, 0.3) is 0 Å². The van der Waals surface area contributed by atoms with Gasteiger partial charge in [-0.15, -0.1) is 10.2 Å². The molecule has 0 unspecified atom stereocenters. The highest BCUT2D eigenvalue weighted by Gasteiger charge is 2.39. The van der Waals surface area contributed by atoms with Gasteiger partial charge in [0.05, 0.1) is 43.9 Å². The first-order chi connectivity index (χ1) is 21.5. The quantitative estimate of drug-likeness (QED) is 0.261. The molecular weight excluding hydrogens is 618 g/mol. The van der Waals surface area contributed by atoms with Crippen LogP contribution < -0.4 is 15.9 Å². The van der Waals surface area contributed by atoms with Crippen LogP contribution in [0.25, 0.3) is 0 Å². The zero-order valence-corrected chi connectivity index (χ0v) is 26.1. The summed E-state index contributed by atoms with van der Waals surface area (Å²) in [5, 5.41) is 5.75. The number of fused-ring (bicyclic) bond motifs is 2. The molecule has 0 saturated carbocycles. The number of hydrazone groups is 1. The number of anilines is 1. The minimum atomic E-state index is -4.97. The number of ether oxygens (including phenoxy) is 2. The minimum absolute atomic E-state index is 0.137. The van der Waals surface area contributed by atoms with E-state index in [1.165, 1.54) is 12.2 Å². The number of hydrazine groups is 2. The molecule has 2 aromatic carbocycles. The molecule has 0 spiro atoms. The van der Waals surface area contributed by atoms with Crippen molar-refractivity contribution in [1.82, 2.24) is 21.0 Å². The summed E-state index contributed by atoms with van der Waals surface area (Å²) in [6.07, 6.45) is -7.78. The van der Waals surface area contributed by atoms with Crippen LogP contribution in [0.15, 0.2) is 35.4 Å². The van der Waals surface area contributed by atoms with E-state index in [0.717, 1.165) is 34.5 Å². The number of nitrogens with zero attached hydrogens (tertiary/aromatic N) is 4. The molecule has 0 aliphatic carbocycles. The lowest BCUT2D eigenvalue weighted by Crippen LogP contribution is -2.46. The third-order valence-electron chi connectivity index (χ3n) is 8.60. The lowest BCUT2D eigenvalue weighted by Gasteiger charge is -2.35. The van der Waals surface area contributed by atoms with Gasteiger partial charge in [-0.25, -0.2) is 5.53 Å². The molecule has 1 atom stereocenters. The van der Waals surface area contributed by atoms with Gasteiger partial charge in [0.1, 0.15) is 0 Å². The number of hydrogen-bond acceptors (Lipinski definition) is 9. The van der Waals surface area contributed by atoms with E-state index in [9.17, 15) is 31.1 Å². The second-order valence-electron chi connectivity index (χ2n) is 12.7. The largest absolute Gasteiger partial charge is 0.469 e. The van der Waals surface area contributed by atoms with Gasteiger partial charge in [-0.2, -0.15) is 26.3 Å². The van der Waals surface area contributed by atoms with E-state index < -0.39 is 29.5 Å². The van der Waals surface area contributed by atoms with Crippen LogP contribution in [0.4, 0.5) is 32.0 Å². The molecule has 252 valence electrons. The number of rotatable bonds is 8. The van der Waals surface area contributed by atoms with Crippen molar-refractivity contribution in [3.05, 3.63) is 63.7 Å². The Morgan fingerprint density at radius 3 is 2.28 bits per heavy atom. The van der Waals surface area contributed by atoms with E-state index in [1.807, 2.05) is 19.9 Å². The maximum Gasteiger partial charge on any atom is 0.416 e. The van der Waals surface area contributed by atoms with Crippen molar-refractivity contribution in [3.63, 3.8) is 0 Å². The smallest absolute Gasteiger partial charge is 0.416 e. The first-order valence-corrected chi connectivity index (χ1v) is 15.0. The normalized spacial score (nSPS) is 18.7. The molecule has 5 rings (SSSR count). The van der Waals surface area contributed by atoms with Gasteiger partial charge < -0.3 is 19.3 Å². The van der Waals surface area contributed by atoms with Crippen LogP contribution in [-0.4, -0.2) is 49.2 Å². The Morgan fingerprint density at radius 1 is 1.04 bits per heavy atom. The fourth-order valence-electron chi connectivity index (χ4n) is 6.16. The first-order valence-electron chi connectivity index (χ1n) is 15.0. The molecule has 2 aromatic rings. The lowest BCUT2D eigenvalue weighted by molar-refractivity contribution is -0.144. The van der Waals surface area contributed by atoms with Crippen molar-refractivity contribution < 1.29 is 40.6 Å². The number of nitrogens with one attached hydrogen (secondary N) is 2. The van der Waals surface area contributed by atoms with Gasteiger partial charge in [-0.1, -0.05) is 13.8 Å². The topological polar surface area (TPSA) is 81.7 Å². The monoisotopic (exact) mass is 656 g/mol. The van der Waals surface area contributed by atoms with Crippen LogP contribution in [-0.2, 0) is 46.4 Å². The van der Waals surface area contributed by atoms with Crippen molar-refractivity contribution in [1.29, 1.82) is 0 Å². The zero-order valence-electron chi connectivity index (χ0n) is 26.1. The molecule has 0 bridgehead atoms. The highest BCUT2D eigenvalue weighted by atomic mass is 19.4. The molecule has 46 heavy (non-hydrogen) atoms. The Balaban J connectivity index is 1.55. The molecule has 3 heterocycles. The van der Waals surface area contributed by atoms with Crippen LogP contribution >= 0.6 is 0 Å². The van der Waals surface area contributed by atoms with E-state index in [4.69, 9.17) is 9.47 Å². The zero-order chi connectivity index (χ0) is 33.4. The molecule has 3 aliphatic rings. The van der Waals surface area contributed by atoms with Crippen LogP contribution in [0.3, 0.4) is 0 Å². The Hall–Kier alpha value is -3.72. The summed E-state index contributed by atoms with van der Waals surface area (Å²) in [5.74, 6) is -0.0348. The molecule has 3 aliphatic heterocycles. The summed E-state index contributed by atoms with van der Waals surface area (Å²) >= 11 is 0. The van der Waals surface area contributed by atoms with Gasteiger partial charge in [-0.3, -0.25) is 10.2 Å². The maximum atomic E-state index is 13.8. The number of esters is 1. The van der Waals surface area contributed by atoms with E-state index in [1.54, 1.807) is 11.9 Å². The highest BCUT2D eigenvalue weighted by Crippen LogP contribution is 2.43. The Kier molecular flexibility index (Phi) is 9.37. The molecule has 0 amide bonds. The number of methoxy groups -OCH3 is 1. The first kappa shape index (κ1) is 33.6. The van der Waals surface area contributed by atoms with Crippen LogP contribution in [0.2, 0.25) is 0 Å². The van der Waals surface area contributed by atoms with Gasteiger partial charge in [0, 0.05) is 32.4 Å². The fourth-order valence-corrected chi connectivity index (χ4v) is 6.16. The van der Waals surface area contributed by atoms with E-state index in [-0.39, 0.29) is 41.9 Å². The van der Waals surface area contributed by atoms with E-state index in [2.05, 4.69) is 27.0 Å². The van der Waals surface area contributed by atoms with Crippen molar-refractivity contribution >= 4 is 17.6 Å². The summed E-state index contributed by atoms with van der Waals surface area (Å²) in [6, 6.07) is 5.31. The predicted octanol–water partition coefficient (Wildman–Crippen LogP) is 6.10. The third kappa shape index (κ3) is 7.63. The van der Waals surface area contributed by atoms with E-state index >= 15 is 0 Å².